The molecule has 0 saturated carbocycles. The van der Waals surface area contributed by atoms with Crippen LogP contribution in [0.1, 0.15) is 25.3 Å². The smallest absolute Gasteiger partial charge is 0.0325 e. The Morgan fingerprint density at radius 2 is 2.06 bits per heavy atom. The van der Waals surface area contributed by atoms with Gasteiger partial charge in [0.15, 0.2) is 0 Å². The highest BCUT2D eigenvalue weighted by Crippen LogP contribution is 2.23. The van der Waals surface area contributed by atoms with Gasteiger partial charge in [-0.25, -0.2) is 0 Å². The van der Waals surface area contributed by atoms with E-state index in [0.29, 0.717) is 0 Å². The second kappa shape index (κ2) is 5.19. The molecule has 0 radical (unpaired) electrons. The van der Waals surface area contributed by atoms with E-state index in [4.69, 9.17) is 5.73 Å². The number of rotatable bonds is 2. The van der Waals surface area contributed by atoms with E-state index >= 15 is 0 Å². The maximum Gasteiger partial charge on any atom is 0.0325 e. The third kappa shape index (κ3) is 2.98. The third-order valence-corrected chi connectivity index (χ3v) is 4.09. The summed E-state index contributed by atoms with van der Waals surface area (Å²) in [6.07, 6.45) is 2.65. The summed E-state index contributed by atoms with van der Waals surface area (Å²) in [5.74, 6) is 0.895. The van der Waals surface area contributed by atoms with Crippen LogP contribution in [0, 0.1) is 5.92 Å². The van der Waals surface area contributed by atoms with Crippen molar-refractivity contribution in [2.24, 2.45) is 5.92 Å². The molecule has 0 unspecified atom stereocenters. The van der Waals surface area contributed by atoms with Gasteiger partial charge in [0.2, 0.25) is 0 Å². The Morgan fingerprint density at radius 1 is 1.38 bits per heavy atom. The molecule has 1 aromatic carbocycles. The van der Waals surface area contributed by atoms with Crippen molar-refractivity contribution in [1.29, 1.82) is 0 Å². The van der Waals surface area contributed by atoms with Gasteiger partial charge in [0.25, 0.3) is 0 Å². The molecule has 0 bridgehead atoms. The molecular formula is C13H19BrN2. The molecule has 0 spiro atoms. The van der Waals surface area contributed by atoms with Gasteiger partial charge in [0.05, 0.1) is 0 Å². The van der Waals surface area contributed by atoms with Crippen LogP contribution in [0.2, 0.25) is 0 Å². The van der Waals surface area contributed by atoms with E-state index in [2.05, 4.69) is 33.8 Å². The fourth-order valence-electron chi connectivity index (χ4n) is 2.15. The Bertz CT molecular complexity index is 357. The summed E-state index contributed by atoms with van der Waals surface area (Å²) in [6.45, 7) is 5.82. The standard InChI is InChI=1S/C13H19BrN2/c1-10-4-6-16(7-5-10)9-11-2-3-12(15)8-13(11)14/h2-3,8,10H,4-7,9,15H2,1H3. The normalized spacial score (nSPS) is 18.9. The van der Waals surface area contributed by atoms with E-state index in [0.717, 1.165) is 22.6 Å². The Labute approximate surface area is 106 Å². The maximum absolute atomic E-state index is 5.74. The highest BCUT2D eigenvalue weighted by atomic mass is 79.9. The van der Waals surface area contributed by atoms with Crippen LogP contribution in [0.25, 0.3) is 0 Å². The van der Waals surface area contributed by atoms with Crippen molar-refractivity contribution in [2.75, 3.05) is 18.8 Å². The van der Waals surface area contributed by atoms with E-state index in [1.807, 2.05) is 12.1 Å². The molecule has 2 nitrogen and oxygen atoms in total. The maximum atomic E-state index is 5.74. The van der Waals surface area contributed by atoms with Crippen molar-refractivity contribution in [3.63, 3.8) is 0 Å². The minimum atomic E-state index is 0.822. The molecule has 2 rings (SSSR count). The van der Waals surface area contributed by atoms with Crippen molar-refractivity contribution >= 4 is 21.6 Å². The highest BCUT2D eigenvalue weighted by molar-refractivity contribution is 9.10. The molecule has 16 heavy (non-hydrogen) atoms. The van der Waals surface area contributed by atoms with Crippen LogP contribution < -0.4 is 5.73 Å². The molecule has 1 aliphatic heterocycles. The number of nitrogens with two attached hydrogens (primary N) is 1. The first-order valence-electron chi connectivity index (χ1n) is 5.91. The number of halogens is 1. The van der Waals surface area contributed by atoms with Gasteiger partial charge in [-0.15, -0.1) is 0 Å². The number of nitrogen functional groups attached to an aromatic ring is 1. The number of hydrogen-bond acceptors (Lipinski definition) is 2. The lowest BCUT2D eigenvalue weighted by atomic mass is 9.99. The number of benzene rings is 1. The Morgan fingerprint density at radius 3 is 2.69 bits per heavy atom. The van der Waals surface area contributed by atoms with Crippen LogP contribution >= 0.6 is 15.9 Å². The average molecular weight is 283 g/mol. The van der Waals surface area contributed by atoms with Crippen LogP contribution in [-0.4, -0.2) is 18.0 Å². The minimum absolute atomic E-state index is 0.822. The SMILES string of the molecule is CC1CCN(Cc2ccc(N)cc2Br)CC1. The van der Waals surface area contributed by atoms with Gasteiger partial charge in [-0.1, -0.05) is 28.9 Å². The van der Waals surface area contributed by atoms with E-state index in [1.165, 1.54) is 31.5 Å². The average Bonchev–Trinajstić information content (AvgIpc) is 2.25. The zero-order valence-corrected chi connectivity index (χ0v) is 11.3. The molecule has 1 aliphatic rings. The second-order valence-electron chi connectivity index (χ2n) is 4.81. The van der Waals surface area contributed by atoms with Crippen LogP contribution in [-0.2, 0) is 6.54 Å². The van der Waals surface area contributed by atoms with Gasteiger partial charge in [-0.2, -0.15) is 0 Å². The monoisotopic (exact) mass is 282 g/mol. The predicted molar refractivity (Wildman–Crippen MR) is 72.2 cm³/mol. The summed E-state index contributed by atoms with van der Waals surface area (Å²) in [5.41, 5.74) is 7.89. The lowest BCUT2D eigenvalue weighted by molar-refractivity contribution is 0.185. The summed E-state index contributed by atoms with van der Waals surface area (Å²) >= 11 is 3.58. The van der Waals surface area contributed by atoms with Gasteiger partial charge >= 0.3 is 0 Å². The number of likely N-dealkylation sites (tertiary alicyclic amines) is 1. The highest BCUT2D eigenvalue weighted by Gasteiger charge is 2.16. The van der Waals surface area contributed by atoms with E-state index in [-0.39, 0.29) is 0 Å². The van der Waals surface area contributed by atoms with Gasteiger partial charge in [-0.05, 0) is 49.5 Å². The molecule has 0 aliphatic carbocycles. The Kier molecular flexibility index (Phi) is 3.87. The van der Waals surface area contributed by atoms with Crippen molar-refractivity contribution in [1.82, 2.24) is 4.90 Å². The topological polar surface area (TPSA) is 29.3 Å². The fraction of sp³-hybridized carbons (Fsp3) is 0.538. The number of hydrogen-bond donors (Lipinski definition) is 1. The lowest BCUT2D eigenvalue weighted by Crippen LogP contribution is -2.32. The first-order valence-corrected chi connectivity index (χ1v) is 6.70. The molecule has 0 atom stereocenters. The summed E-state index contributed by atoms with van der Waals surface area (Å²) in [7, 11) is 0. The van der Waals surface area contributed by atoms with E-state index in [9.17, 15) is 0 Å². The second-order valence-corrected chi connectivity index (χ2v) is 5.66. The first-order chi connectivity index (χ1) is 7.65. The number of piperidine rings is 1. The van der Waals surface area contributed by atoms with Crippen LogP contribution in [0.3, 0.4) is 0 Å². The molecule has 1 aromatic rings. The molecule has 0 aromatic heterocycles. The first kappa shape index (κ1) is 11.9. The lowest BCUT2D eigenvalue weighted by Gasteiger charge is -2.30. The third-order valence-electron chi connectivity index (χ3n) is 3.35. The van der Waals surface area contributed by atoms with E-state index in [1.54, 1.807) is 0 Å². The van der Waals surface area contributed by atoms with Crippen LogP contribution in [0.5, 0.6) is 0 Å². The Hall–Kier alpha value is -0.540. The van der Waals surface area contributed by atoms with Crippen molar-refractivity contribution in [3.05, 3.63) is 28.2 Å². The van der Waals surface area contributed by atoms with Crippen LogP contribution in [0.15, 0.2) is 22.7 Å². The van der Waals surface area contributed by atoms with Gasteiger partial charge in [-0.3, -0.25) is 4.90 Å². The molecule has 1 heterocycles. The largest absolute Gasteiger partial charge is 0.399 e. The summed E-state index contributed by atoms with van der Waals surface area (Å²) in [6, 6.07) is 6.09. The summed E-state index contributed by atoms with van der Waals surface area (Å²) in [5, 5.41) is 0. The molecule has 88 valence electrons. The molecule has 2 N–H and O–H groups in total. The number of nitrogens with zero attached hydrogens (tertiary/aromatic N) is 1. The summed E-state index contributed by atoms with van der Waals surface area (Å²) in [4.78, 5) is 2.52. The van der Waals surface area contributed by atoms with E-state index < -0.39 is 0 Å². The fourth-order valence-corrected chi connectivity index (χ4v) is 2.67. The molecular weight excluding hydrogens is 264 g/mol. The molecule has 0 amide bonds. The van der Waals surface area contributed by atoms with Gasteiger partial charge < -0.3 is 5.73 Å². The quantitative estimate of drug-likeness (QED) is 0.844. The van der Waals surface area contributed by atoms with Crippen LogP contribution in [0.4, 0.5) is 5.69 Å². The number of anilines is 1. The zero-order valence-electron chi connectivity index (χ0n) is 9.75. The summed E-state index contributed by atoms with van der Waals surface area (Å²) < 4.78 is 1.13. The molecule has 1 saturated heterocycles. The minimum Gasteiger partial charge on any atom is -0.399 e. The van der Waals surface area contributed by atoms with Crippen molar-refractivity contribution in [3.8, 4) is 0 Å². The van der Waals surface area contributed by atoms with Gasteiger partial charge in [0.1, 0.15) is 0 Å². The molecule has 1 fully saturated rings. The predicted octanol–water partition coefficient (Wildman–Crippen LogP) is 3.26. The Balaban J connectivity index is 1.98. The van der Waals surface area contributed by atoms with Crippen molar-refractivity contribution in [2.45, 2.75) is 26.3 Å². The van der Waals surface area contributed by atoms with Gasteiger partial charge in [0, 0.05) is 16.7 Å². The zero-order chi connectivity index (χ0) is 11.5. The van der Waals surface area contributed by atoms with Crippen molar-refractivity contribution < 1.29 is 0 Å². The molecule has 3 heteroatoms.